The van der Waals surface area contributed by atoms with Gasteiger partial charge in [0.25, 0.3) is 5.89 Å². The Kier molecular flexibility index (Phi) is 2.52. The minimum Gasteiger partial charge on any atom is -0.363 e. The number of hydrogen-bond acceptors (Lipinski definition) is 5. The topological polar surface area (TPSA) is 60.2 Å². The Morgan fingerprint density at radius 1 is 1.57 bits per heavy atom. The molecule has 14 heavy (non-hydrogen) atoms. The Morgan fingerprint density at radius 3 is 2.86 bits per heavy atom. The third kappa shape index (κ3) is 1.93. The highest BCUT2D eigenvalue weighted by atomic mass is 16.5. The molecule has 0 saturated carbocycles. The lowest BCUT2D eigenvalue weighted by atomic mass is 10.0. The first-order valence-electron chi connectivity index (χ1n) is 4.88. The summed E-state index contributed by atoms with van der Waals surface area (Å²) >= 11 is 0. The molecule has 1 fully saturated rings. The van der Waals surface area contributed by atoms with Gasteiger partial charge < -0.3 is 14.6 Å². The molecule has 0 unspecified atom stereocenters. The minimum absolute atomic E-state index is 0.0547. The van der Waals surface area contributed by atoms with Gasteiger partial charge in [-0.1, -0.05) is 12.1 Å². The highest BCUT2D eigenvalue weighted by Crippen LogP contribution is 2.17. The number of aromatic nitrogens is 2. The number of hydrogen-bond donors (Lipinski definition) is 1. The molecule has 78 valence electrons. The van der Waals surface area contributed by atoms with Crippen LogP contribution in [0.25, 0.3) is 0 Å². The molecule has 0 aliphatic carbocycles. The Bertz CT molecular complexity index is 307. The van der Waals surface area contributed by atoms with E-state index in [0.29, 0.717) is 12.5 Å². The third-order valence-corrected chi connectivity index (χ3v) is 2.37. The van der Waals surface area contributed by atoms with E-state index in [4.69, 9.17) is 9.26 Å². The molecule has 1 aliphatic heterocycles. The highest BCUT2D eigenvalue weighted by Gasteiger charge is 2.32. The minimum atomic E-state index is -0.0547. The van der Waals surface area contributed by atoms with Crippen molar-refractivity contribution in [2.24, 2.45) is 0 Å². The summed E-state index contributed by atoms with van der Waals surface area (Å²) < 4.78 is 10.7. The zero-order valence-electron chi connectivity index (χ0n) is 8.54. The number of nitrogens with one attached hydrogen (secondary N) is 1. The maximum atomic E-state index is 5.65. The van der Waals surface area contributed by atoms with E-state index in [2.05, 4.69) is 22.4 Å². The van der Waals surface area contributed by atoms with Crippen LogP contribution < -0.4 is 5.32 Å². The number of nitrogens with zero attached hydrogens (tertiary/aromatic N) is 2. The van der Waals surface area contributed by atoms with Crippen LogP contribution in [0, 0.1) is 0 Å². The maximum Gasteiger partial charge on any atom is 0.252 e. The molecule has 0 bridgehead atoms. The maximum absolute atomic E-state index is 5.65. The second kappa shape index (κ2) is 3.67. The van der Waals surface area contributed by atoms with E-state index >= 15 is 0 Å². The molecule has 5 nitrogen and oxygen atoms in total. The third-order valence-electron chi connectivity index (χ3n) is 2.37. The van der Waals surface area contributed by atoms with E-state index in [1.165, 1.54) is 0 Å². The Balaban J connectivity index is 1.85. The first-order valence-corrected chi connectivity index (χ1v) is 4.88. The smallest absolute Gasteiger partial charge is 0.252 e. The van der Waals surface area contributed by atoms with E-state index in [9.17, 15) is 0 Å². The summed E-state index contributed by atoms with van der Waals surface area (Å²) in [6.45, 7) is 6.25. The van der Waals surface area contributed by atoms with Crippen LogP contribution in [0.4, 0.5) is 0 Å². The van der Waals surface area contributed by atoms with Crippen molar-refractivity contribution in [1.82, 2.24) is 15.5 Å². The fraction of sp³-hybridized carbons (Fsp3) is 0.778. The predicted octanol–water partition coefficient (Wildman–Crippen LogP) is 0.510. The van der Waals surface area contributed by atoms with E-state index in [-0.39, 0.29) is 5.60 Å². The molecular formula is C9H15N3O2. The molecule has 0 amide bonds. The molecular weight excluding hydrogens is 182 g/mol. The van der Waals surface area contributed by atoms with Crippen LogP contribution in [0.3, 0.4) is 0 Å². The van der Waals surface area contributed by atoms with Crippen LogP contribution in [-0.4, -0.2) is 28.8 Å². The molecule has 1 saturated heterocycles. The van der Waals surface area contributed by atoms with E-state index in [1.807, 2.05) is 6.92 Å². The van der Waals surface area contributed by atoms with Crippen LogP contribution in [-0.2, 0) is 17.8 Å². The SMILES string of the molecule is CCc1noc(COC2(C)CNC2)n1. The van der Waals surface area contributed by atoms with Crippen LogP contribution >= 0.6 is 0 Å². The van der Waals surface area contributed by atoms with Crippen LogP contribution in [0.5, 0.6) is 0 Å². The van der Waals surface area contributed by atoms with Crippen LogP contribution in [0.1, 0.15) is 25.6 Å². The van der Waals surface area contributed by atoms with Gasteiger partial charge in [0, 0.05) is 19.5 Å². The number of ether oxygens (including phenoxy) is 1. The molecule has 0 aromatic carbocycles. The Hall–Kier alpha value is -0.940. The first-order chi connectivity index (χ1) is 6.72. The number of rotatable bonds is 4. The van der Waals surface area contributed by atoms with Gasteiger partial charge in [-0.05, 0) is 6.92 Å². The Labute approximate surface area is 82.8 Å². The molecule has 0 radical (unpaired) electrons. The van der Waals surface area contributed by atoms with Crippen molar-refractivity contribution in [3.63, 3.8) is 0 Å². The van der Waals surface area contributed by atoms with Gasteiger partial charge in [-0.25, -0.2) is 0 Å². The van der Waals surface area contributed by atoms with Crippen molar-refractivity contribution in [1.29, 1.82) is 0 Å². The zero-order chi connectivity index (χ0) is 10.0. The fourth-order valence-electron chi connectivity index (χ4n) is 1.31. The Morgan fingerprint density at radius 2 is 2.36 bits per heavy atom. The molecule has 5 heteroatoms. The first kappa shape index (κ1) is 9.61. The van der Waals surface area contributed by atoms with Crippen molar-refractivity contribution >= 4 is 0 Å². The summed E-state index contributed by atoms with van der Waals surface area (Å²) in [4.78, 5) is 4.17. The summed E-state index contributed by atoms with van der Waals surface area (Å²) in [6, 6.07) is 0. The standard InChI is InChI=1S/C9H15N3O2/c1-3-7-11-8(14-12-7)4-13-9(2)5-10-6-9/h10H,3-6H2,1-2H3. The molecule has 0 atom stereocenters. The largest absolute Gasteiger partial charge is 0.363 e. The second-order valence-corrected chi connectivity index (χ2v) is 3.80. The van der Waals surface area contributed by atoms with Gasteiger partial charge in [0.1, 0.15) is 6.61 Å². The van der Waals surface area contributed by atoms with Crippen molar-refractivity contribution in [3.8, 4) is 0 Å². The van der Waals surface area contributed by atoms with Gasteiger partial charge in [-0.3, -0.25) is 0 Å². The molecule has 0 spiro atoms. The van der Waals surface area contributed by atoms with E-state index in [0.717, 1.165) is 25.3 Å². The fourth-order valence-corrected chi connectivity index (χ4v) is 1.31. The van der Waals surface area contributed by atoms with E-state index < -0.39 is 0 Å². The van der Waals surface area contributed by atoms with E-state index in [1.54, 1.807) is 0 Å². The van der Waals surface area contributed by atoms with Crippen molar-refractivity contribution in [2.45, 2.75) is 32.5 Å². The molecule has 1 aliphatic rings. The van der Waals surface area contributed by atoms with Gasteiger partial charge in [0.15, 0.2) is 5.82 Å². The lowest BCUT2D eigenvalue weighted by Crippen LogP contribution is -2.58. The van der Waals surface area contributed by atoms with Gasteiger partial charge in [-0.15, -0.1) is 0 Å². The van der Waals surface area contributed by atoms with Crippen LogP contribution in [0.15, 0.2) is 4.52 Å². The predicted molar refractivity (Wildman–Crippen MR) is 49.7 cm³/mol. The van der Waals surface area contributed by atoms with Gasteiger partial charge >= 0.3 is 0 Å². The highest BCUT2D eigenvalue weighted by molar-refractivity contribution is 4.91. The van der Waals surface area contributed by atoms with Crippen LogP contribution in [0.2, 0.25) is 0 Å². The summed E-state index contributed by atoms with van der Waals surface area (Å²) in [5.74, 6) is 1.30. The lowest BCUT2D eigenvalue weighted by molar-refractivity contribution is -0.0841. The van der Waals surface area contributed by atoms with Gasteiger partial charge in [0.05, 0.1) is 5.60 Å². The zero-order valence-corrected chi connectivity index (χ0v) is 8.54. The molecule has 2 heterocycles. The average Bonchev–Trinajstić information content (AvgIpc) is 2.59. The summed E-state index contributed by atoms with van der Waals surface area (Å²) in [5.41, 5.74) is -0.0547. The summed E-state index contributed by atoms with van der Waals surface area (Å²) in [5, 5.41) is 6.96. The quantitative estimate of drug-likeness (QED) is 0.762. The molecule has 2 rings (SSSR count). The second-order valence-electron chi connectivity index (χ2n) is 3.80. The summed E-state index contributed by atoms with van der Waals surface area (Å²) in [7, 11) is 0. The van der Waals surface area contributed by atoms with Gasteiger partial charge in [0.2, 0.25) is 0 Å². The van der Waals surface area contributed by atoms with Crippen molar-refractivity contribution in [2.75, 3.05) is 13.1 Å². The normalized spacial score (nSPS) is 19.3. The van der Waals surface area contributed by atoms with Crippen molar-refractivity contribution in [3.05, 3.63) is 11.7 Å². The monoisotopic (exact) mass is 197 g/mol. The molecule has 1 aromatic heterocycles. The molecule has 1 N–H and O–H groups in total. The lowest BCUT2D eigenvalue weighted by Gasteiger charge is -2.38. The van der Waals surface area contributed by atoms with Crippen molar-refractivity contribution < 1.29 is 9.26 Å². The molecule has 1 aromatic rings. The summed E-state index contributed by atoms with van der Waals surface area (Å²) in [6.07, 6.45) is 0.794. The average molecular weight is 197 g/mol. The van der Waals surface area contributed by atoms with Gasteiger partial charge in [-0.2, -0.15) is 4.98 Å². The number of aryl methyl sites for hydroxylation is 1.